The zero-order valence-electron chi connectivity index (χ0n) is 14.0. The largest absolute Gasteiger partial charge is 0.465 e. The lowest BCUT2D eigenvalue weighted by Gasteiger charge is -2.33. The summed E-state index contributed by atoms with van der Waals surface area (Å²) in [5, 5.41) is 12.5. The van der Waals surface area contributed by atoms with E-state index < -0.39 is 0 Å². The van der Waals surface area contributed by atoms with Crippen molar-refractivity contribution >= 4 is 0 Å². The first-order valence-electron chi connectivity index (χ1n) is 8.34. The van der Waals surface area contributed by atoms with E-state index in [9.17, 15) is 0 Å². The van der Waals surface area contributed by atoms with Crippen LogP contribution in [0.25, 0.3) is 0 Å². The third kappa shape index (κ3) is 4.24. The lowest BCUT2D eigenvalue weighted by molar-refractivity contribution is 0.0115. The number of nitriles is 1. The fourth-order valence-corrected chi connectivity index (χ4v) is 3.04. The molecule has 1 fully saturated rings. The van der Waals surface area contributed by atoms with E-state index in [1.165, 1.54) is 0 Å². The molecule has 1 unspecified atom stereocenters. The highest BCUT2D eigenvalue weighted by molar-refractivity contribution is 5.32. The Morgan fingerprint density at radius 1 is 1.25 bits per heavy atom. The number of hydrogen-bond acceptors (Lipinski definition) is 5. The van der Waals surface area contributed by atoms with Gasteiger partial charge in [-0.2, -0.15) is 5.26 Å². The number of furan rings is 1. The molecule has 1 aliphatic heterocycles. The quantitative estimate of drug-likeness (QED) is 0.884. The lowest BCUT2D eigenvalue weighted by atomic mass is 10.1. The van der Waals surface area contributed by atoms with Crippen LogP contribution in [0.2, 0.25) is 0 Å². The summed E-state index contributed by atoms with van der Waals surface area (Å²) in [5.74, 6) is 1.93. The molecule has 1 N–H and O–H groups in total. The summed E-state index contributed by atoms with van der Waals surface area (Å²) >= 11 is 0. The minimum absolute atomic E-state index is 0.196. The second kappa shape index (κ2) is 8.11. The van der Waals surface area contributed by atoms with E-state index in [0.29, 0.717) is 5.56 Å². The minimum atomic E-state index is 0.196. The summed E-state index contributed by atoms with van der Waals surface area (Å²) < 4.78 is 11.3. The van der Waals surface area contributed by atoms with Gasteiger partial charge in [-0.3, -0.25) is 4.90 Å². The lowest BCUT2D eigenvalue weighted by Crippen LogP contribution is -2.42. The second-order valence-electron chi connectivity index (χ2n) is 6.06. The van der Waals surface area contributed by atoms with Crippen molar-refractivity contribution in [2.45, 2.75) is 19.5 Å². The van der Waals surface area contributed by atoms with Crippen molar-refractivity contribution in [2.24, 2.45) is 0 Å². The maximum Gasteiger partial charge on any atom is 0.122 e. The third-order valence-corrected chi connectivity index (χ3v) is 4.30. The summed E-state index contributed by atoms with van der Waals surface area (Å²) in [4.78, 5) is 2.40. The number of aryl methyl sites for hydroxylation is 1. The topological polar surface area (TPSA) is 61.4 Å². The van der Waals surface area contributed by atoms with Crippen LogP contribution in [0.4, 0.5) is 0 Å². The first-order valence-corrected chi connectivity index (χ1v) is 8.34. The zero-order valence-corrected chi connectivity index (χ0v) is 14.0. The number of morpholine rings is 1. The monoisotopic (exact) mass is 325 g/mol. The van der Waals surface area contributed by atoms with Gasteiger partial charge in [0, 0.05) is 26.2 Å². The molecule has 5 nitrogen and oxygen atoms in total. The van der Waals surface area contributed by atoms with Gasteiger partial charge >= 0.3 is 0 Å². The van der Waals surface area contributed by atoms with Crippen LogP contribution in [0.1, 0.15) is 28.7 Å². The van der Waals surface area contributed by atoms with E-state index in [-0.39, 0.29) is 6.04 Å². The fraction of sp³-hybridized carbons (Fsp3) is 0.421. The number of ether oxygens (including phenoxy) is 1. The second-order valence-corrected chi connectivity index (χ2v) is 6.06. The van der Waals surface area contributed by atoms with Gasteiger partial charge in [-0.05, 0) is 36.8 Å². The van der Waals surface area contributed by atoms with Gasteiger partial charge < -0.3 is 14.5 Å². The molecule has 3 rings (SSSR count). The zero-order chi connectivity index (χ0) is 16.8. The van der Waals surface area contributed by atoms with E-state index in [2.05, 4.69) is 22.4 Å². The summed E-state index contributed by atoms with van der Waals surface area (Å²) in [5.41, 5.74) is 1.81. The molecule has 0 spiro atoms. The van der Waals surface area contributed by atoms with Crippen LogP contribution in [0.3, 0.4) is 0 Å². The van der Waals surface area contributed by atoms with Crippen LogP contribution in [0, 0.1) is 18.3 Å². The molecule has 0 saturated carbocycles. The highest BCUT2D eigenvalue weighted by Gasteiger charge is 2.24. The highest BCUT2D eigenvalue weighted by atomic mass is 16.5. The molecule has 1 saturated heterocycles. The Bertz CT molecular complexity index is 699. The molecule has 1 aliphatic rings. The number of rotatable bonds is 6. The molecule has 0 aliphatic carbocycles. The molecule has 1 aromatic carbocycles. The van der Waals surface area contributed by atoms with Crippen LogP contribution in [0.15, 0.2) is 40.8 Å². The van der Waals surface area contributed by atoms with Gasteiger partial charge in [0.15, 0.2) is 0 Å². The van der Waals surface area contributed by atoms with E-state index >= 15 is 0 Å². The number of hydrogen-bond donors (Lipinski definition) is 1. The Hall–Kier alpha value is -2.13. The van der Waals surface area contributed by atoms with E-state index in [4.69, 9.17) is 14.4 Å². The van der Waals surface area contributed by atoms with Crippen molar-refractivity contribution in [3.05, 3.63) is 59.0 Å². The van der Waals surface area contributed by atoms with E-state index in [1.54, 1.807) is 0 Å². The molecule has 1 aromatic heterocycles. The first-order chi connectivity index (χ1) is 11.8. The average molecular weight is 325 g/mol. The van der Waals surface area contributed by atoms with Crippen molar-refractivity contribution in [1.82, 2.24) is 10.2 Å². The molecule has 0 bridgehead atoms. The van der Waals surface area contributed by atoms with Crippen molar-refractivity contribution < 1.29 is 9.15 Å². The standard InChI is InChI=1S/C19H23N3O2/c1-15-5-6-19(24-15)18(22-7-9-23-10-8-22)14-21-13-17-4-2-3-16(11-17)12-20/h2-6,11,18,21H,7-10,13-14H2,1H3. The van der Waals surface area contributed by atoms with Crippen molar-refractivity contribution in [2.75, 3.05) is 32.8 Å². The Morgan fingerprint density at radius 2 is 2.08 bits per heavy atom. The Balaban J connectivity index is 1.64. The van der Waals surface area contributed by atoms with Crippen molar-refractivity contribution in [3.63, 3.8) is 0 Å². The first kappa shape index (κ1) is 16.7. The van der Waals surface area contributed by atoms with E-state index in [1.807, 2.05) is 37.3 Å². The molecular formula is C19H23N3O2. The fourth-order valence-electron chi connectivity index (χ4n) is 3.04. The normalized spacial score (nSPS) is 16.7. The van der Waals surface area contributed by atoms with Gasteiger partial charge in [0.2, 0.25) is 0 Å². The highest BCUT2D eigenvalue weighted by Crippen LogP contribution is 2.23. The SMILES string of the molecule is Cc1ccc(C(CNCc2cccc(C#N)c2)N2CCOCC2)o1. The number of nitrogens with one attached hydrogen (secondary N) is 1. The van der Waals surface area contributed by atoms with Crippen LogP contribution < -0.4 is 5.32 Å². The third-order valence-electron chi connectivity index (χ3n) is 4.30. The molecule has 126 valence electrons. The molecule has 1 atom stereocenters. The molecule has 24 heavy (non-hydrogen) atoms. The molecule has 2 heterocycles. The van der Waals surface area contributed by atoms with Crippen LogP contribution >= 0.6 is 0 Å². The summed E-state index contributed by atoms with van der Waals surface area (Å²) in [6.07, 6.45) is 0. The van der Waals surface area contributed by atoms with Gasteiger partial charge in [-0.1, -0.05) is 12.1 Å². The van der Waals surface area contributed by atoms with Gasteiger partial charge in [0.05, 0.1) is 30.9 Å². The van der Waals surface area contributed by atoms with Crippen LogP contribution in [-0.2, 0) is 11.3 Å². The molecule has 2 aromatic rings. The Labute approximate surface area is 142 Å². The molecule has 5 heteroatoms. The van der Waals surface area contributed by atoms with Crippen LogP contribution in [-0.4, -0.2) is 37.7 Å². The summed E-state index contributed by atoms with van der Waals surface area (Å²) in [6, 6.07) is 14.2. The Kier molecular flexibility index (Phi) is 5.65. The molecular weight excluding hydrogens is 302 g/mol. The minimum Gasteiger partial charge on any atom is -0.465 e. The van der Waals surface area contributed by atoms with E-state index in [0.717, 1.165) is 56.5 Å². The van der Waals surface area contributed by atoms with Crippen LogP contribution in [0.5, 0.6) is 0 Å². The maximum absolute atomic E-state index is 9.00. The van der Waals surface area contributed by atoms with Crippen molar-refractivity contribution in [3.8, 4) is 6.07 Å². The molecule has 0 radical (unpaired) electrons. The van der Waals surface area contributed by atoms with Gasteiger partial charge in [-0.25, -0.2) is 0 Å². The summed E-state index contributed by atoms with van der Waals surface area (Å²) in [6.45, 7) is 6.85. The Morgan fingerprint density at radius 3 is 2.79 bits per heavy atom. The summed E-state index contributed by atoms with van der Waals surface area (Å²) in [7, 11) is 0. The number of benzene rings is 1. The smallest absolute Gasteiger partial charge is 0.122 e. The number of nitrogens with zero attached hydrogens (tertiary/aromatic N) is 2. The van der Waals surface area contributed by atoms with Gasteiger partial charge in [0.25, 0.3) is 0 Å². The van der Waals surface area contributed by atoms with Gasteiger partial charge in [-0.15, -0.1) is 0 Å². The predicted molar refractivity (Wildman–Crippen MR) is 91.4 cm³/mol. The maximum atomic E-state index is 9.00. The van der Waals surface area contributed by atoms with Crippen molar-refractivity contribution in [1.29, 1.82) is 5.26 Å². The average Bonchev–Trinajstić information content (AvgIpc) is 3.05. The molecule has 0 amide bonds. The van der Waals surface area contributed by atoms with Gasteiger partial charge in [0.1, 0.15) is 11.5 Å². The predicted octanol–water partition coefficient (Wildman–Crippen LogP) is 2.62.